The second kappa shape index (κ2) is 9.40. The van der Waals surface area contributed by atoms with Crippen molar-refractivity contribution in [1.82, 2.24) is 14.6 Å². The summed E-state index contributed by atoms with van der Waals surface area (Å²) in [7, 11) is 1.62. The first kappa shape index (κ1) is 23.1. The van der Waals surface area contributed by atoms with E-state index in [-0.39, 0.29) is 18.3 Å². The Morgan fingerprint density at radius 1 is 1.21 bits per heavy atom. The van der Waals surface area contributed by atoms with Gasteiger partial charge in [0.15, 0.2) is 10.8 Å². The van der Waals surface area contributed by atoms with Crippen LogP contribution in [-0.4, -0.2) is 45.9 Å². The number of anilines is 1. The predicted octanol–water partition coefficient (Wildman–Crippen LogP) is 4.79. The Bertz CT molecular complexity index is 1380. The van der Waals surface area contributed by atoms with E-state index in [1.807, 2.05) is 49.4 Å². The summed E-state index contributed by atoms with van der Waals surface area (Å²) in [5.74, 6) is 0.131. The van der Waals surface area contributed by atoms with E-state index in [1.54, 1.807) is 14.0 Å². The lowest BCUT2D eigenvalue weighted by Crippen LogP contribution is -2.16. The van der Waals surface area contributed by atoms with Crippen LogP contribution >= 0.6 is 23.1 Å². The molecule has 4 rings (SSSR count). The maximum Gasteiger partial charge on any atom is 0.341 e. The first-order chi connectivity index (χ1) is 15.8. The van der Waals surface area contributed by atoms with Crippen molar-refractivity contribution in [2.45, 2.75) is 32.9 Å². The van der Waals surface area contributed by atoms with Crippen LogP contribution in [0.25, 0.3) is 16.6 Å². The zero-order chi connectivity index (χ0) is 23.7. The molecule has 1 amide bonds. The van der Waals surface area contributed by atoms with Crippen LogP contribution in [0.2, 0.25) is 0 Å². The minimum absolute atomic E-state index is 0.101. The number of rotatable bonds is 7. The van der Waals surface area contributed by atoms with E-state index in [1.165, 1.54) is 23.1 Å². The Kier molecular flexibility index (Phi) is 6.57. The predicted molar refractivity (Wildman–Crippen MR) is 131 cm³/mol. The van der Waals surface area contributed by atoms with E-state index in [2.05, 4.69) is 15.5 Å². The van der Waals surface area contributed by atoms with Crippen LogP contribution in [0.3, 0.4) is 0 Å². The second-order valence-corrected chi connectivity index (χ2v) is 9.57. The minimum atomic E-state index is -0.431. The number of hydrogen-bond donors (Lipinski definition) is 1. The molecule has 0 unspecified atom stereocenters. The van der Waals surface area contributed by atoms with Crippen LogP contribution in [0.1, 0.15) is 33.3 Å². The molecule has 10 heteroatoms. The third-order valence-electron chi connectivity index (χ3n) is 5.32. The number of amides is 1. The van der Waals surface area contributed by atoms with E-state index in [9.17, 15) is 9.59 Å². The quantitative estimate of drug-likeness (QED) is 0.298. The molecule has 1 aromatic carbocycles. The molecule has 33 heavy (non-hydrogen) atoms. The van der Waals surface area contributed by atoms with Crippen LogP contribution in [-0.2, 0) is 9.53 Å². The zero-order valence-corrected chi connectivity index (χ0v) is 20.6. The molecule has 0 bridgehead atoms. The smallest absolute Gasteiger partial charge is 0.341 e. The normalized spacial score (nSPS) is 11.2. The summed E-state index contributed by atoms with van der Waals surface area (Å²) >= 11 is 2.64. The SMILES string of the molecule is CCOC(=O)c1c(NC(=O)CSc2nnc3cc(C)c4cccc(OC)c4n23)sc(C)c1C. The Hall–Kier alpha value is -3.11. The van der Waals surface area contributed by atoms with E-state index >= 15 is 0 Å². The molecule has 0 aliphatic rings. The van der Waals surface area contributed by atoms with Gasteiger partial charge in [0.05, 0.1) is 30.5 Å². The number of aryl methyl sites for hydroxylation is 2. The Labute approximate surface area is 199 Å². The number of fused-ring (bicyclic) bond motifs is 3. The van der Waals surface area contributed by atoms with Gasteiger partial charge in [0.25, 0.3) is 0 Å². The summed E-state index contributed by atoms with van der Waals surface area (Å²) in [6.07, 6.45) is 0. The summed E-state index contributed by atoms with van der Waals surface area (Å²) in [6, 6.07) is 7.81. The molecule has 0 aliphatic carbocycles. The third kappa shape index (κ3) is 4.28. The molecule has 0 saturated heterocycles. The van der Waals surface area contributed by atoms with Gasteiger partial charge in [0.1, 0.15) is 10.8 Å². The van der Waals surface area contributed by atoms with Gasteiger partial charge in [-0.05, 0) is 51.0 Å². The number of nitrogens with one attached hydrogen (secondary N) is 1. The fourth-order valence-electron chi connectivity index (χ4n) is 3.64. The van der Waals surface area contributed by atoms with Crippen molar-refractivity contribution in [3.8, 4) is 5.75 Å². The van der Waals surface area contributed by atoms with Gasteiger partial charge in [-0.15, -0.1) is 21.5 Å². The average molecular weight is 485 g/mol. The van der Waals surface area contributed by atoms with Crippen molar-refractivity contribution in [2.75, 3.05) is 24.8 Å². The van der Waals surface area contributed by atoms with E-state index in [0.717, 1.165) is 26.9 Å². The fraction of sp³-hybridized carbons (Fsp3) is 0.304. The molecule has 0 aliphatic heterocycles. The number of pyridine rings is 1. The standard InChI is InChI=1S/C23H24N4O4S2/c1-6-31-22(29)19-13(3)14(4)33-21(19)24-18(28)11-32-23-26-25-17-10-12(2)15-8-7-9-16(30-5)20(15)27(17)23/h7-10H,6,11H2,1-5H3,(H,24,28). The largest absolute Gasteiger partial charge is 0.495 e. The third-order valence-corrected chi connectivity index (χ3v) is 7.37. The molecule has 4 aromatic rings. The summed E-state index contributed by atoms with van der Waals surface area (Å²) in [5.41, 5.74) is 3.84. The number of benzene rings is 1. The number of esters is 1. The average Bonchev–Trinajstić information content (AvgIpc) is 3.32. The van der Waals surface area contributed by atoms with Crippen LogP contribution < -0.4 is 10.1 Å². The van der Waals surface area contributed by atoms with Gasteiger partial charge in [-0.2, -0.15) is 0 Å². The molecule has 1 N–H and O–H groups in total. The zero-order valence-electron chi connectivity index (χ0n) is 19.0. The van der Waals surface area contributed by atoms with E-state index < -0.39 is 5.97 Å². The summed E-state index contributed by atoms with van der Waals surface area (Å²) in [6.45, 7) is 7.81. The maximum atomic E-state index is 12.8. The monoisotopic (exact) mass is 484 g/mol. The number of thiophene rings is 1. The highest BCUT2D eigenvalue weighted by molar-refractivity contribution is 7.99. The fourth-order valence-corrected chi connectivity index (χ4v) is 5.45. The topological polar surface area (TPSA) is 94.8 Å². The summed E-state index contributed by atoms with van der Waals surface area (Å²) in [5, 5.41) is 13.6. The molecule has 3 heterocycles. The molecule has 3 aromatic heterocycles. The highest BCUT2D eigenvalue weighted by Gasteiger charge is 2.22. The minimum Gasteiger partial charge on any atom is -0.495 e. The summed E-state index contributed by atoms with van der Waals surface area (Å²) < 4.78 is 12.6. The van der Waals surface area contributed by atoms with Crippen LogP contribution in [0.15, 0.2) is 29.4 Å². The molecule has 0 spiro atoms. The molecule has 0 saturated carbocycles. The van der Waals surface area contributed by atoms with Gasteiger partial charge >= 0.3 is 5.97 Å². The number of nitrogens with zero attached hydrogens (tertiary/aromatic N) is 3. The van der Waals surface area contributed by atoms with Crippen LogP contribution in [0.5, 0.6) is 5.75 Å². The van der Waals surface area contributed by atoms with Crippen molar-refractivity contribution in [3.63, 3.8) is 0 Å². The first-order valence-electron chi connectivity index (χ1n) is 10.4. The second-order valence-electron chi connectivity index (χ2n) is 7.40. The van der Waals surface area contributed by atoms with Gasteiger partial charge in [0.2, 0.25) is 5.91 Å². The number of thioether (sulfide) groups is 1. The lowest BCUT2D eigenvalue weighted by atomic mass is 10.1. The van der Waals surface area contributed by atoms with Gasteiger partial charge < -0.3 is 14.8 Å². The van der Waals surface area contributed by atoms with Crippen molar-refractivity contribution < 1.29 is 19.1 Å². The van der Waals surface area contributed by atoms with Gasteiger partial charge in [-0.1, -0.05) is 23.9 Å². The van der Waals surface area contributed by atoms with Gasteiger partial charge in [-0.25, -0.2) is 4.79 Å². The molecule has 172 valence electrons. The molecule has 0 radical (unpaired) electrons. The first-order valence-corrected chi connectivity index (χ1v) is 12.2. The Morgan fingerprint density at radius 2 is 2.00 bits per heavy atom. The molecule has 0 fully saturated rings. The Balaban J connectivity index is 1.60. The van der Waals surface area contributed by atoms with Crippen LogP contribution in [0, 0.1) is 20.8 Å². The number of hydrogen-bond acceptors (Lipinski definition) is 8. The Morgan fingerprint density at radius 3 is 2.73 bits per heavy atom. The van der Waals surface area contributed by atoms with Crippen molar-refractivity contribution in [2.24, 2.45) is 0 Å². The van der Waals surface area contributed by atoms with E-state index in [4.69, 9.17) is 9.47 Å². The lowest BCUT2D eigenvalue weighted by molar-refractivity contribution is -0.113. The number of ether oxygens (including phenoxy) is 2. The summed E-state index contributed by atoms with van der Waals surface area (Å²) in [4.78, 5) is 26.1. The van der Waals surface area contributed by atoms with Gasteiger partial charge in [0, 0.05) is 10.3 Å². The van der Waals surface area contributed by atoms with E-state index in [0.29, 0.717) is 27.1 Å². The molecular formula is C23H24N4O4S2. The highest BCUT2D eigenvalue weighted by Crippen LogP contribution is 2.34. The molecular weight excluding hydrogens is 460 g/mol. The highest BCUT2D eigenvalue weighted by atomic mass is 32.2. The van der Waals surface area contributed by atoms with Gasteiger partial charge in [-0.3, -0.25) is 9.20 Å². The van der Waals surface area contributed by atoms with Crippen molar-refractivity contribution in [3.05, 3.63) is 45.8 Å². The lowest BCUT2D eigenvalue weighted by Gasteiger charge is -2.11. The number of aromatic nitrogens is 3. The molecule has 0 atom stereocenters. The van der Waals surface area contributed by atoms with Crippen LogP contribution in [0.4, 0.5) is 5.00 Å². The number of methoxy groups -OCH3 is 1. The maximum absolute atomic E-state index is 12.8. The molecule has 8 nitrogen and oxygen atoms in total. The van der Waals surface area contributed by atoms with Crippen molar-refractivity contribution in [1.29, 1.82) is 0 Å². The number of para-hydroxylation sites is 1. The number of carbonyl (C=O) groups excluding carboxylic acids is 2. The number of carbonyl (C=O) groups is 2. The van der Waals surface area contributed by atoms with Crippen molar-refractivity contribution >= 4 is 56.5 Å².